The molecule has 0 aliphatic rings. The molecule has 5 nitrogen and oxygen atoms in total. The van der Waals surface area contributed by atoms with E-state index in [1.807, 2.05) is 0 Å². The molecule has 0 saturated carbocycles. The molecule has 0 aromatic heterocycles. The Morgan fingerprint density at radius 2 is 1.93 bits per heavy atom. The number of carbonyl (C=O) groups is 2. The largest absolute Gasteiger partial charge is 0.450 e. The molecule has 14 heavy (non-hydrogen) atoms. The second kappa shape index (κ2) is 5.47. The Kier molecular flexibility index (Phi) is 4.97. The third-order valence-electron chi connectivity index (χ3n) is 1.79. The van der Waals surface area contributed by atoms with E-state index in [1.54, 1.807) is 27.8 Å². The quantitative estimate of drug-likeness (QED) is 0.697. The van der Waals surface area contributed by atoms with Gasteiger partial charge in [-0.15, -0.1) is 0 Å². The predicted octanol–water partition coefficient (Wildman–Crippen LogP) is 0.505. The van der Waals surface area contributed by atoms with Gasteiger partial charge >= 0.3 is 6.09 Å². The highest BCUT2D eigenvalue weighted by Gasteiger charge is 2.27. The summed E-state index contributed by atoms with van der Waals surface area (Å²) in [5.41, 5.74) is -0.624. The van der Waals surface area contributed by atoms with Gasteiger partial charge in [-0.1, -0.05) is 0 Å². The Morgan fingerprint density at radius 1 is 1.36 bits per heavy atom. The molecule has 0 unspecified atom stereocenters. The Labute approximate surface area is 84.2 Å². The summed E-state index contributed by atoms with van der Waals surface area (Å²) < 4.78 is 4.67. The van der Waals surface area contributed by atoms with E-state index in [2.05, 4.69) is 15.4 Å². The van der Waals surface area contributed by atoms with Crippen LogP contribution in [0.2, 0.25) is 0 Å². The number of rotatable bonds is 4. The fraction of sp³-hybridized carbons (Fsp3) is 0.778. The first kappa shape index (κ1) is 12.7. The minimum Gasteiger partial charge on any atom is -0.450 e. The molecule has 2 N–H and O–H groups in total. The summed E-state index contributed by atoms with van der Waals surface area (Å²) in [6, 6.07) is 0. The van der Waals surface area contributed by atoms with Gasteiger partial charge in [-0.2, -0.15) is 0 Å². The average Bonchev–Trinajstić information content (AvgIpc) is 2.14. The van der Waals surface area contributed by atoms with Crippen molar-refractivity contribution in [3.63, 3.8) is 0 Å². The molecule has 0 bridgehead atoms. The van der Waals surface area contributed by atoms with Gasteiger partial charge in [0.05, 0.1) is 12.0 Å². The van der Waals surface area contributed by atoms with Gasteiger partial charge in [0.1, 0.15) is 0 Å². The van der Waals surface area contributed by atoms with Gasteiger partial charge in [0.2, 0.25) is 5.91 Å². The Bertz CT molecular complexity index is 214. The van der Waals surface area contributed by atoms with Gasteiger partial charge in [-0.3, -0.25) is 4.79 Å². The van der Waals surface area contributed by atoms with E-state index in [1.165, 1.54) is 0 Å². The van der Waals surface area contributed by atoms with E-state index in [0.717, 1.165) is 0 Å². The fourth-order valence-electron chi connectivity index (χ4n) is 0.894. The molecule has 5 heteroatoms. The first-order valence-corrected chi connectivity index (χ1v) is 4.57. The van der Waals surface area contributed by atoms with Crippen molar-refractivity contribution in [2.75, 3.05) is 20.2 Å². The van der Waals surface area contributed by atoms with E-state index in [-0.39, 0.29) is 12.5 Å². The lowest BCUT2D eigenvalue weighted by Crippen LogP contribution is -2.43. The summed E-state index contributed by atoms with van der Waals surface area (Å²) in [6.07, 6.45) is -0.496. The van der Waals surface area contributed by atoms with Gasteiger partial charge in [0, 0.05) is 13.6 Å². The molecule has 0 fully saturated rings. The minimum absolute atomic E-state index is 0.116. The van der Waals surface area contributed by atoms with Crippen LogP contribution in [0.5, 0.6) is 0 Å². The first-order chi connectivity index (χ1) is 6.44. The fourth-order valence-corrected chi connectivity index (χ4v) is 0.894. The highest BCUT2D eigenvalue weighted by atomic mass is 16.5. The van der Waals surface area contributed by atoms with Gasteiger partial charge < -0.3 is 15.4 Å². The van der Waals surface area contributed by atoms with Crippen molar-refractivity contribution in [3.8, 4) is 0 Å². The summed E-state index contributed by atoms with van der Waals surface area (Å²) >= 11 is 0. The molecular formula is C9H18N2O3. The van der Waals surface area contributed by atoms with Crippen LogP contribution in [-0.4, -0.2) is 32.2 Å². The van der Waals surface area contributed by atoms with Gasteiger partial charge in [-0.05, 0) is 20.8 Å². The van der Waals surface area contributed by atoms with Crippen LogP contribution in [0, 0.1) is 5.41 Å². The average molecular weight is 202 g/mol. The van der Waals surface area contributed by atoms with Crippen LogP contribution in [0.25, 0.3) is 0 Å². The summed E-state index contributed by atoms with van der Waals surface area (Å²) in [4.78, 5) is 22.2. The van der Waals surface area contributed by atoms with E-state index >= 15 is 0 Å². The standard InChI is InChI=1S/C9H18N2O3/c1-5-14-8(13)11-6-9(2,3)7(12)10-4/h5-6H2,1-4H3,(H,10,12)(H,11,13). The van der Waals surface area contributed by atoms with Crippen LogP contribution >= 0.6 is 0 Å². The number of hydrogen-bond donors (Lipinski definition) is 2. The monoisotopic (exact) mass is 202 g/mol. The number of amides is 2. The SMILES string of the molecule is CCOC(=O)NCC(C)(C)C(=O)NC. The molecule has 0 aromatic rings. The molecule has 0 spiro atoms. The maximum Gasteiger partial charge on any atom is 0.407 e. The summed E-state index contributed by atoms with van der Waals surface area (Å²) in [6.45, 7) is 5.80. The van der Waals surface area contributed by atoms with Gasteiger partial charge in [0.15, 0.2) is 0 Å². The number of hydrogen-bond acceptors (Lipinski definition) is 3. The maximum absolute atomic E-state index is 11.3. The third-order valence-corrected chi connectivity index (χ3v) is 1.79. The number of carbonyl (C=O) groups excluding carboxylic acids is 2. The molecule has 0 radical (unpaired) electrons. The lowest BCUT2D eigenvalue weighted by molar-refractivity contribution is -0.128. The van der Waals surface area contributed by atoms with E-state index in [9.17, 15) is 9.59 Å². The van der Waals surface area contributed by atoms with Crippen molar-refractivity contribution in [3.05, 3.63) is 0 Å². The van der Waals surface area contributed by atoms with Crippen LogP contribution in [0.1, 0.15) is 20.8 Å². The van der Waals surface area contributed by atoms with E-state index in [0.29, 0.717) is 6.61 Å². The zero-order valence-electron chi connectivity index (χ0n) is 9.14. The number of alkyl carbamates (subject to hydrolysis) is 1. The van der Waals surface area contributed by atoms with Crippen LogP contribution in [0.3, 0.4) is 0 Å². The Hall–Kier alpha value is -1.26. The molecule has 2 amide bonds. The molecule has 0 aliphatic heterocycles. The van der Waals surface area contributed by atoms with Gasteiger partial charge in [-0.25, -0.2) is 4.79 Å². The molecule has 0 heterocycles. The summed E-state index contributed by atoms with van der Waals surface area (Å²) in [5.74, 6) is -0.116. The lowest BCUT2D eigenvalue weighted by atomic mass is 9.92. The molecule has 0 rings (SSSR count). The minimum atomic E-state index is -0.624. The molecule has 0 atom stereocenters. The predicted molar refractivity (Wildman–Crippen MR) is 52.9 cm³/mol. The van der Waals surface area contributed by atoms with Crippen LogP contribution < -0.4 is 10.6 Å². The molecule has 82 valence electrons. The zero-order valence-corrected chi connectivity index (χ0v) is 9.14. The van der Waals surface area contributed by atoms with Crippen molar-refractivity contribution in [1.82, 2.24) is 10.6 Å². The van der Waals surface area contributed by atoms with Crippen molar-refractivity contribution >= 4 is 12.0 Å². The first-order valence-electron chi connectivity index (χ1n) is 4.57. The van der Waals surface area contributed by atoms with E-state index in [4.69, 9.17) is 0 Å². The van der Waals surface area contributed by atoms with Crippen molar-refractivity contribution < 1.29 is 14.3 Å². The highest BCUT2D eigenvalue weighted by Crippen LogP contribution is 2.12. The summed E-state index contributed by atoms with van der Waals surface area (Å²) in [7, 11) is 1.56. The normalized spacial score (nSPS) is 10.6. The van der Waals surface area contributed by atoms with E-state index < -0.39 is 11.5 Å². The molecule has 0 aliphatic carbocycles. The third kappa shape index (κ3) is 4.11. The summed E-state index contributed by atoms with van der Waals surface area (Å²) in [5, 5.41) is 5.05. The molecule has 0 aromatic carbocycles. The highest BCUT2D eigenvalue weighted by molar-refractivity contribution is 5.82. The second-order valence-electron chi connectivity index (χ2n) is 3.54. The Balaban J connectivity index is 3.98. The van der Waals surface area contributed by atoms with Crippen molar-refractivity contribution in [2.45, 2.75) is 20.8 Å². The Morgan fingerprint density at radius 3 is 2.36 bits per heavy atom. The van der Waals surface area contributed by atoms with Crippen LogP contribution in [0.4, 0.5) is 4.79 Å². The van der Waals surface area contributed by atoms with Gasteiger partial charge in [0.25, 0.3) is 0 Å². The molecule has 0 saturated heterocycles. The second-order valence-corrected chi connectivity index (χ2v) is 3.54. The number of ether oxygens (including phenoxy) is 1. The van der Waals surface area contributed by atoms with Crippen molar-refractivity contribution in [2.24, 2.45) is 5.41 Å². The maximum atomic E-state index is 11.3. The molecular weight excluding hydrogens is 184 g/mol. The topological polar surface area (TPSA) is 67.4 Å². The van der Waals surface area contributed by atoms with Crippen molar-refractivity contribution in [1.29, 1.82) is 0 Å². The number of nitrogens with one attached hydrogen (secondary N) is 2. The smallest absolute Gasteiger partial charge is 0.407 e. The zero-order chi connectivity index (χ0) is 11.2. The lowest BCUT2D eigenvalue weighted by Gasteiger charge is -2.22. The van der Waals surface area contributed by atoms with Crippen LogP contribution in [0.15, 0.2) is 0 Å². The van der Waals surface area contributed by atoms with Crippen LogP contribution in [-0.2, 0) is 9.53 Å².